The Balaban J connectivity index is 2.23. The first-order valence-corrected chi connectivity index (χ1v) is 8.29. The quantitative estimate of drug-likeness (QED) is 0.884. The van der Waals surface area contributed by atoms with Gasteiger partial charge in [0.15, 0.2) is 5.03 Å². The summed E-state index contributed by atoms with van der Waals surface area (Å²) >= 11 is 1.80. The van der Waals surface area contributed by atoms with Crippen molar-refractivity contribution in [2.45, 2.75) is 23.7 Å². The number of thioether (sulfide) groups is 1. The highest BCUT2D eigenvalue weighted by Gasteiger charge is 2.29. The van der Waals surface area contributed by atoms with Gasteiger partial charge in [0.2, 0.25) is 0 Å². The molecule has 1 aliphatic heterocycles. The van der Waals surface area contributed by atoms with E-state index < -0.39 is 10.0 Å². The number of nitrogens with two attached hydrogens (primary N) is 1. The number of aromatic nitrogens is 1. The van der Waals surface area contributed by atoms with Crippen LogP contribution in [0.5, 0.6) is 0 Å². The standard InChI is InChI=1S/C11H17N3O2S2/c1-9-8-14(4-5-17-9)18(15,16)11-3-2-10(6-12)7-13-11/h2-3,7,9H,4-6,8,12H2,1H3. The zero-order valence-electron chi connectivity index (χ0n) is 10.2. The van der Waals surface area contributed by atoms with Gasteiger partial charge in [-0.25, -0.2) is 13.4 Å². The molecule has 0 saturated carbocycles. The van der Waals surface area contributed by atoms with Gasteiger partial charge in [-0.15, -0.1) is 0 Å². The van der Waals surface area contributed by atoms with Gasteiger partial charge in [0.25, 0.3) is 10.0 Å². The Labute approximate surface area is 112 Å². The fraction of sp³-hybridized carbons (Fsp3) is 0.545. The van der Waals surface area contributed by atoms with Crippen molar-refractivity contribution in [2.24, 2.45) is 5.73 Å². The highest BCUT2D eigenvalue weighted by Crippen LogP contribution is 2.23. The average Bonchev–Trinajstić information content (AvgIpc) is 2.39. The first-order valence-electron chi connectivity index (χ1n) is 5.81. The number of hydrogen-bond acceptors (Lipinski definition) is 5. The largest absolute Gasteiger partial charge is 0.326 e. The summed E-state index contributed by atoms with van der Waals surface area (Å²) in [7, 11) is -3.45. The Morgan fingerprint density at radius 3 is 2.89 bits per heavy atom. The molecule has 0 bridgehead atoms. The molecular weight excluding hydrogens is 270 g/mol. The number of hydrogen-bond donors (Lipinski definition) is 1. The Morgan fingerprint density at radius 2 is 2.33 bits per heavy atom. The lowest BCUT2D eigenvalue weighted by Crippen LogP contribution is -2.41. The Bertz CT molecular complexity index is 502. The minimum Gasteiger partial charge on any atom is -0.326 e. The van der Waals surface area contributed by atoms with E-state index in [1.165, 1.54) is 16.6 Å². The van der Waals surface area contributed by atoms with Gasteiger partial charge in [0.05, 0.1) is 0 Å². The van der Waals surface area contributed by atoms with Gasteiger partial charge in [-0.3, -0.25) is 0 Å². The molecule has 7 heteroatoms. The van der Waals surface area contributed by atoms with E-state index in [9.17, 15) is 8.42 Å². The Hall–Kier alpha value is -0.630. The molecule has 2 rings (SSSR count). The fourth-order valence-corrected chi connectivity index (χ4v) is 4.49. The van der Waals surface area contributed by atoms with Gasteiger partial charge < -0.3 is 5.73 Å². The molecule has 1 atom stereocenters. The van der Waals surface area contributed by atoms with Crippen LogP contribution in [-0.4, -0.2) is 41.8 Å². The summed E-state index contributed by atoms with van der Waals surface area (Å²) in [6.45, 7) is 3.51. The smallest absolute Gasteiger partial charge is 0.260 e. The number of rotatable bonds is 3. The third-order valence-corrected chi connectivity index (χ3v) is 5.76. The van der Waals surface area contributed by atoms with Crippen molar-refractivity contribution >= 4 is 21.8 Å². The van der Waals surface area contributed by atoms with E-state index in [4.69, 9.17) is 5.73 Å². The van der Waals surface area contributed by atoms with Crippen molar-refractivity contribution in [1.82, 2.24) is 9.29 Å². The van der Waals surface area contributed by atoms with Crippen LogP contribution in [0.15, 0.2) is 23.4 Å². The first kappa shape index (κ1) is 13.8. The number of pyridine rings is 1. The maximum atomic E-state index is 12.4. The van der Waals surface area contributed by atoms with Crippen LogP contribution in [0.3, 0.4) is 0 Å². The second-order valence-corrected chi connectivity index (χ2v) is 7.68. The molecule has 5 nitrogen and oxygen atoms in total. The van der Waals surface area contributed by atoms with Gasteiger partial charge in [-0.05, 0) is 11.6 Å². The molecule has 2 N–H and O–H groups in total. The minimum atomic E-state index is -3.45. The molecule has 100 valence electrons. The maximum Gasteiger partial charge on any atom is 0.260 e. The van der Waals surface area contributed by atoms with Gasteiger partial charge in [-0.2, -0.15) is 16.1 Å². The van der Waals surface area contributed by atoms with E-state index in [-0.39, 0.29) is 5.03 Å². The van der Waals surface area contributed by atoms with Crippen molar-refractivity contribution in [2.75, 3.05) is 18.8 Å². The van der Waals surface area contributed by atoms with Crippen molar-refractivity contribution in [1.29, 1.82) is 0 Å². The molecule has 0 amide bonds. The van der Waals surface area contributed by atoms with Crippen LogP contribution in [0.25, 0.3) is 0 Å². The van der Waals surface area contributed by atoms with E-state index in [2.05, 4.69) is 4.98 Å². The van der Waals surface area contributed by atoms with Gasteiger partial charge >= 0.3 is 0 Å². The zero-order valence-corrected chi connectivity index (χ0v) is 11.9. The summed E-state index contributed by atoms with van der Waals surface area (Å²) in [5, 5.41) is 0.440. The second kappa shape index (κ2) is 5.56. The molecule has 0 aliphatic carbocycles. The molecule has 0 spiro atoms. The van der Waals surface area contributed by atoms with E-state index in [0.717, 1.165) is 11.3 Å². The summed E-state index contributed by atoms with van der Waals surface area (Å²) in [5.74, 6) is 0.835. The van der Waals surface area contributed by atoms with Crippen LogP contribution >= 0.6 is 11.8 Å². The Kier molecular flexibility index (Phi) is 4.26. The molecule has 1 aromatic heterocycles. The normalized spacial score (nSPS) is 22.0. The Morgan fingerprint density at radius 1 is 1.56 bits per heavy atom. The van der Waals surface area contributed by atoms with Crippen molar-refractivity contribution in [3.05, 3.63) is 23.9 Å². The summed E-state index contributed by atoms with van der Waals surface area (Å²) in [5.41, 5.74) is 6.30. The lowest BCUT2D eigenvalue weighted by Gasteiger charge is -2.29. The van der Waals surface area contributed by atoms with Crippen LogP contribution < -0.4 is 5.73 Å². The molecule has 2 heterocycles. The monoisotopic (exact) mass is 287 g/mol. The summed E-state index contributed by atoms with van der Waals surface area (Å²) in [6, 6.07) is 3.24. The number of nitrogens with zero attached hydrogens (tertiary/aromatic N) is 2. The van der Waals surface area contributed by atoms with Gasteiger partial charge in [0, 0.05) is 36.8 Å². The van der Waals surface area contributed by atoms with Crippen molar-refractivity contribution in [3.8, 4) is 0 Å². The summed E-state index contributed by atoms with van der Waals surface area (Å²) in [6.07, 6.45) is 1.52. The topological polar surface area (TPSA) is 76.3 Å². The van der Waals surface area contributed by atoms with E-state index in [1.807, 2.05) is 6.92 Å². The summed E-state index contributed by atoms with van der Waals surface area (Å²) in [4.78, 5) is 4.01. The zero-order chi connectivity index (χ0) is 13.2. The van der Waals surface area contributed by atoms with Crippen LogP contribution in [0.1, 0.15) is 12.5 Å². The molecule has 1 fully saturated rings. The highest BCUT2D eigenvalue weighted by molar-refractivity contribution is 8.00. The van der Waals surface area contributed by atoms with Crippen LogP contribution in [0, 0.1) is 0 Å². The molecule has 1 aromatic rings. The van der Waals surface area contributed by atoms with E-state index in [1.54, 1.807) is 17.8 Å². The second-order valence-electron chi connectivity index (χ2n) is 4.25. The highest BCUT2D eigenvalue weighted by atomic mass is 32.2. The lowest BCUT2D eigenvalue weighted by molar-refractivity contribution is 0.422. The predicted octanol–water partition coefficient (Wildman–Crippen LogP) is 0.666. The van der Waals surface area contributed by atoms with Crippen molar-refractivity contribution < 1.29 is 8.42 Å². The van der Waals surface area contributed by atoms with Crippen LogP contribution in [0.4, 0.5) is 0 Å². The molecule has 1 saturated heterocycles. The predicted molar refractivity (Wildman–Crippen MR) is 72.8 cm³/mol. The molecule has 1 aliphatic rings. The summed E-state index contributed by atoms with van der Waals surface area (Å²) < 4.78 is 26.2. The minimum absolute atomic E-state index is 0.110. The fourth-order valence-electron chi connectivity index (χ4n) is 1.82. The van der Waals surface area contributed by atoms with Gasteiger partial charge in [-0.1, -0.05) is 13.0 Å². The van der Waals surface area contributed by atoms with Gasteiger partial charge in [0.1, 0.15) is 0 Å². The lowest BCUT2D eigenvalue weighted by atomic mass is 10.3. The van der Waals surface area contributed by atoms with Crippen LogP contribution in [-0.2, 0) is 16.6 Å². The van der Waals surface area contributed by atoms with Crippen molar-refractivity contribution in [3.63, 3.8) is 0 Å². The average molecular weight is 287 g/mol. The number of sulfonamides is 1. The molecular formula is C11H17N3O2S2. The first-order chi connectivity index (χ1) is 8.54. The third-order valence-electron chi connectivity index (χ3n) is 2.84. The van der Waals surface area contributed by atoms with E-state index >= 15 is 0 Å². The SMILES string of the molecule is CC1CN(S(=O)(=O)c2ccc(CN)cn2)CCS1. The third kappa shape index (κ3) is 2.85. The molecule has 18 heavy (non-hydrogen) atoms. The molecule has 1 unspecified atom stereocenters. The molecule has 0 radical (unpaired) electrons. The maximum absolute atomic E-state index is 12.4. The van der Waals surface area contributed by atoms with E-state index in [0.29, 0.717) is 24.9 Å². The van der Waals surface area contributed by atoms with Crippen LogP contribution in [0.2, 0.25) is 0 Å². The molecule has 0 aromatic carbocycles.